The summed E-state index contributed by atoms with van der Waals surface area (Å²) in [5.74, 6) is 3.96. The number of anilines is 1. The van der Waals surface area contributed by atoms with Gasteiger partial charge < -0.3 is 14.8 Å². The van der Waals surface area contributed by atoms with Gasteiger partial charge in [-0.25, -0.2) is 4.98 Å². The van der Waals surface area contributed by atoms with Crippen molar-refractivity contribution in [1.82, 2.24) is 4.98 Å². The van der Waals surface area contributed by atoms with Crippen molar-refractivity contribution in [2.75, 3.05) is 23.6 Å². The Morgan fingerprint density at radius 3 is 2.76 bits per heavy atom. The van der Waals surface area contributed by atoms with E-state index in [9.17, 15) is 4.21 Å². The average molecular weight is 304 g/mol. The number of nitrogens with zero attached hydrogens (tertiary/aromatic N) is 1. The van der Waals surface area contributed by atoms with Gasteiger partial charge in [0, 0.05) is 39.9 Å². The van der Waals surface area contributed by atoms with E-state index < -0.39 is 10.8 Å². The smallest absolute Gasteiger partial charge is 0.231 e. The molecule has 1 aromatic heterocycles. The zero-order chi connectivity index (χ0) is 14.2. The van der Waals surface area contributed by atoms with Gasteiger partial charge in [0.25, 0.3) is 0 Å². The normalized spacial score (nSPS) is 24.2. The Labute approximate surface area is 125 Å². The molecule has 0 bridgehead atoms. The second-order valence-electron chi connectivity index (χ2n) is 5.35. The monoisotopic (exact) mass is 304 g/mol. The first kappa shape index (κ1) is 12.9. The van der Waals surface area contributed by atoms with Crippen LogP contribution in [0.1, 0.15) is 12.8 Å². The number of rotatable bonds is 2. The molecule has 0 saturated carbocycles. The molecular weight excluding hydrogens is 288 g/mol. The maximum Gasteiger partial charge on any atom is 0.231 e. The summed E-state index contributed by atoms with van der Waals surface area (Å²) in [6, 6.07) is 6.28. The van der Waals surface area contributed by atoms with E-state index >= 15 is 0 Å². The lowest BCUT2D eigenvalue weighted by Crippen LogP contribution is -2.29. The third-order valence-electron chi connectivity index (χ3n) is 3.99. The standard InChI is InChI=1S/C15H16N2O3S/c18-21-5-2-11(3-6-21)17-15-12-8-14-13(19-9-20-14)7-10(12)1-4-16-15/h1,4,7-8,11H,2-3,5-6,9H2,(H,16,17). The van der Waals surface area contributed by atoms with Crippen LogP contribution in [-0.2, 0) is 10.8 Å². The third-order valence-corrected chi connectivity index (χ3v) is 5.37. The van der Waals surface area contributed by atoms with Gasteiger partial charge in [0.1, 0.15) is 5.82 Å². The highest BCUT2D eigenvalue weighted by atomic mass is 32.2. The minimum absolute atomic E-state index is 0.274. The molecular formula is C15H16N2O3S. The van der Waals surface area contributed by atoms with Crippen LogP contribution in [0.15, 0.2) is 24.4 Å². The van der Waals surface area contributed by atoms with Crippen LogP contribution in [0.4, 0.5) is 5.82 Å². The summed E-state index contributed by atoms with van der Waals surface area (Å²) in [6.45, 7) is 0.274. The van der Waals surface area contributed by atoms with E-state index in [-0.39, 0.29) is 6.79 Å². The lowest BCUT2D eigenvalue weighted by Gasteiger charge is -2.23. The summed E-state index contributed by atoms with van der Waals surface area (Å²) in [5.41, 5.74) is 0. The molecule has 6 heteroatoms. The summed E-state index contributed by atoms with van der Waals surface area (Å²) in [4.78, 5) is 4.46. The van der Waals surface area contributed by atoms with E-state index in [1.165, 1.54) is 0 Å². The van der Waals surface area contributed by atoms with E-state index in [1.807, 2.05) is 18.2 Å². The number of nitrogens with one attached hydrogen (secondary N) is 1. The first-order valence-corrected chi connectivity index (χ1v) is 8.58. The fraction of sp³-hybridized carbons (Fsp3) is 0.400. The second-order valence-corrected chi connectivity index (χ2v) is 7.05. The van der Waals surface area contributed by atoms with E-state index in [4.69, 9.17) is 9.47 Å². The summed E-state index contributed by atoms with van der Waals surface area (Å²) in [7, 11) is -0.643. The quantitative estimate of drug-likeness (QED) is 0.922. The number of ether oxygens (including phenoxy) is 2. The molecule has 5 nitrogen and oxygen atoms in total. The van der Waals surface area contributed by atoms with Crippen molar-refractivity contribution in [2.45, 2.75) is 18.9 Å². The van der Waals surface area contributed by atoms with Gasteiger partial charge in [0.2, 0.25) is 6.79 Å². The minimum atomic E-state index is -0.643. The summed E-state index contributed by atoms with van der Waals surface area (Å²) in [6.07, 6.45) is 3.65. The molecule has 0 spiro atoms. The van der Waals surface area contributed by atoms with Gasteiger partial charge in [-0.15, -0.1) is 0 Å². The van der Waals surface area contributed by atoms with E-state index in [2.05, 4.69) is 10.3 Å². The van der Waals surface area contributed by atoms with Crippen LogP contribution in [0.3, 0.4) is 0 Å². The maximum absolute atomic E-state index is 11.4. The van der Waals surface area contributed by atoms with Crippen LogP contribution >= 0.6 is 0 Å². The highest BCUT2D eigenvalue weighted by molar-refractivity contribution is 7.85. The molecule has 0 aliphatic carbocycles. The fourth-order valence-electron chi connectivity index (χ4n) is 2.81. The van der Waals surface area contributed by atoms with Crippen LogP contribution in [0.2, 0.25) is 0 Å². The van der Waals surface area contributed by atoms with Gasteiger partial charge in [-0.2, -0.15) is 0 Å². The summed E-state index contributed by atoms with van der Waals surface area (Å²) in [5, 5.41) is 5.61. The van der Waals surface area contributed by atoms with Gasteiger partial charge in [-0.05, 0) is 36.4 Å². The Morgan fingerprint density at radius 2 is 1.95 bits per heavy atom. The molecule has 2 aliphatic rings. The van der Waals surface area contributed by atoms with E-state index in [0.717, 1.165) is 52.4 Å². The largest absolute Gasteiger partial charge is 0.454 e. The molecule has 0 amide bonds. The molecule has 1 aromatic carbocycles. The van der Waals surface area contributed by atoms with Gasteiger partial charge in [0.15, 0.2) is 11.5 Å². The number of aromatic nitrogens is 1. The van der Waals surface area contributed by atoms with Crippen molar-refractivity contribution >= 4 is 27.4 Å². The SMILES string of the molecule is O=S1CCC(Nc2nccc3cc4c(cc23)OCO4)CC1. The third kappa shape index (κ3) is 2.44. The molecule has 1 fully saturated rings. The lowest BCUT2D eigenvalue weighted by molar-refractivity contribution is 0.174. The molecule has 2 aromatic rings. The van der Waals surface area contributed by atoms with Crippen molar-refractivity contribution in [2.24, 2.45) is 0 Å². The molecule has 1 saturated heterocycles. The lowest BCUT2D eigenvalue weighted by atomic mass is 10.1. The van der Waals surface area contributed by atoms with Crippen molar-refractivity contribution in [3.8, 4) is 11.5 Å². The topological polar surface area (TPSA) is 60.5 Å². The van der Waals surface area contributed by atoms with E-state index in [1.54, 1.807) is 6.20 Å². The molecule has 0 unspecified atom stereocenters. The molecule has 0 radical (unpaired) electrons. The molecule has 3 heterocycles. The predicted molar refractivity (Wildman–Crippen MR) is 82.4 cm³/mol. The Morgan fingerprint density at radius 1 is 1.19 bits per heavy atom. The number of pyridine rings is 1. The van der Waals surface area contributed by atoms with Gasteiger partial charge in [-0.1, -0.05) is 0 Å². The zero-order valence-corrected chi connectivity index (χ0v) is 12.3. The van der Waals surface area contributed by atoms with Crippen LogP contribution in [-0.4, -0.2) is 33.5 Å². The molecule has 1 N–H and O–H groups in total. The highest BCUT2D eigenvalue weighted by Gasteiger charge is 2.20. The van der Waals surface area contributed by atoms with Crippen molar-refractivity contribution in [3.05, 3.63) is 24.4 Å². The molecule has 21 heavy (non-hydrogen) atoms. The van der Waals surface area contributed by atoms with Crippen LogP contribution in [0.5, 0.6) is 11.5 Å². The van der Waals surface area contributed by atoms with E-state index in [0.29, 0.717) is 6.04 Å². The molecule has 110 valence electrons. The summed E-state index contributed by atoms with van der Waals surface area (Å²) >= 11 is 0. The average Bonchev–Trinajstić information content (AvgIpc) is 2.95. The Bertz CT molecular complexity index is 709. The number of hydrogen-bond donors (Lipinski definition) is 1. The highest BCUT2D eigenvalue weighted by Crippen LogP contribution is 2.38. The number of hydrogen-bond acceptors (Lipinski definition) is 5. The molecule has 4 rings (SSSR count). The second kappa shape index (κ2) is 5.18. The Hall–Kier alpha value is -1.82. The van der Waals surface area contributed by atoms with Gasteiger partial charge >= 0.3 is 0 Å². The van der Waals surface area contributed by atoms with Crippen molar-refractivity contribution in [3.63, 3.8) is 0 Å². The first-order valence-electron chi connectivity index (χ1n) is 7.09. The predicted octanol–water partition coefficient (Wildman–Crippen LogP) is 2.29. The molecule has 2 aliphatic heterocycles. The van der Waals surface area contributed by atoms with Crippen LogP contribution in [0, 0.1) is 0 Å². The first-order chi connectivity index (χ1) is 10.3. The summed E-state index contributed by atoms with van der Waals surface area (Å²) < 4.78 is 22.3. The zero-order valence-electron chi connectivity index (χ0n) is 11.5. The van der Waals surface area contributed by atoms with Crippen molar-refractivity contribution < 1.29 is 13.7 Å². The number of fused-ring (bicyclic) bond motifs is 2. The fourth-order valence-corrected chi connectivity index (χ4v) is 4.11. The molecule has 0 atom stereocenters. The number of benzene rings is 1. The van der Waals surface area contributed by atoms with Crippen molar-refractivity contribution in [1.29, 1.82) is 0 Å². The Balaban J connectivity index is 1.67. The maximum atomic E-state index is 11.4. The van der Waals surface area contributed by atoms with Crippen LogP contribution in [0.25, 0.3) is 10.8 Å². The van der Waals surface area contributed by atoms with Gasteiger partial charge in [-0.3, -0.25) is 4.21 Å². The minimum Gasteiger partial charge on any atom is -0.454 e. The van der Waals surface area contributed by atoms with Crippen LogP contribution < -0.4 is 14.8 Å². The van der Waals surface area contributed by atoms with Gasteiger partial charge in [0.05, 0.1) is 0 Å². The Kier molecular flexibility index (Phi) is 3.18.